The number of carbonyl (C=O) groups is 2. The Morgan fingerprint density at radius 1 is 1.19 bits per heavy atom. The molecule has 0 spiro atoms. The van der Waals surface area contributed by atoms with Crippen LogP contribution in [-0.4, -0.2) is 76.4 Å². The van der Waals surface area contributed by atoms with Crippen LogP contribution < -0.4 is 10.1 Å². The van der Waals surface area contributed by atoms with Gasteiger partial charge in [0.15, 0.2) is 0 Å². The van der Waals surface area contributed by atoms with Crippen LogP contribution in [0.4, 0.5) is 9.59 Å². The predicted molar refractivity (Wildman–Crippen MR) is 106 cm³/mol. The molecule has 1 aliphatic heterocycles. The Kier molecular flexibility index (Phi) is 8.50. The summed E-state index contributed by atoms with van der Waals surface area (Å²) in [6.45, 7) is 1.99. The second kappa shape index (κ2) is 10.5. The van der Waals surface area contributed by atoms with Crippen molar-refractivity contribution in [1.82, 2.24) is 5.32 Å². The van der Waals surface area contributed by atoms with Crippen LogP contribution in [0.15, 0.2) is 16.6 Å². The Hall–Kier alpha value is -2.36. The maximum absolute atomic E-state index is 12.0. The van der Waals surface area contributed by atoms with Crippen LogP contribution >= 0.6 is 15.9 Å². The number of halogens is 1. The minimum absolute atomic E-state index is 0.112. The number of rotatable bonds is 7. The summed E-state index contributed by atoms with van der Waals surface area (Å²) < 4.78 is 24.6. The molecule has 2 rings (SSSR count). The molecule has 0 bridgehead atoms. The van der Waals surface area contributed by atoms with E-state index in [1.165, 1.54) is 5.32 Å². The molecular weight excluding hydrogens is 502 g/mol. The summed E-state index contributed by atoms with van der Waals surface area (Å²) in [5, 5.41) is 52.0. The molecule has 32 heavy (non-hydrogen) atoms. The molecule has 1 aromatic carbocycles. The topological polar surface area (TPSA) is 193 Å². The third kappa shape index (κ3) is 6.34. The quantitative estimate of drug-likeness (QED) is 0.211. The van der Waals surface area contributed by atoms with E-state index < -0.39 is 47.7 Å². The Labute approximate surface area is 190 Å². The molecule has 6 N–H and O–H groups in total. The third-order valence-corrected chi connectivity index (χ3v) is 5.01. The number of amides is 1. The first kappa shape index (κ1) is 25.9. The van der Waals surface area contributed by atoms with Crippen molar-refractivity contribution in [1.29, 1.82) is 0 Å². The van der Waals surface area contributed by atoms with Gasteiger partial charge in [-0.2, -0.15) is 0 Å². The number of methoxy groups -OCH3 is 1. The molecule has 1 heterocycles. The lowest BCUT2D eigenvalue weighted by Crippen LogP contribution is -2.63. The van der Waals surface area contributed by atoms with Gasteiger partial charge in [-0.05, 0) is 28.1 Å². The lowest BCUT2D eigenvalue weighted by Gasteiger charge is -2.35. The summed E-state index contributed by atoms with van der Waals surface area (Å²) in [7, 11) is 1.15. The first-order chi connectivity index (χ1) is 14.9. The van der Waals surface area contributed by atoms with Crippen LogP contribution in [0.1, 0.15) is 25.3 Å². The molecule has 0 saturated carbocycles. The van der Waals surface area contributed by atoms with Gasteiger partial charge in [0, 0.05) is 19.8 Å². The number of hydrogen-bond donors (Lipinski definition) is 6. The average Bonchev–Trinajstić information content (AvgIpc) is 2.69. The summed E-state index contributed by atoms with van der Waals surface area (Å²) in [4.78, 5) is 23.7. The Bertz CT molecular complexity index is 824. The van der Waals surface area contributed by atoms with Crippen LogP contribution in [0.25, 0.3) is 0 Å². The summed E-state index contributed by atoms with van der Waals surface area (Å²) in [6, 6.07) is 1.90. The number of benzene rings is 1. The zero-order chi connectivity index (χ0) is 24.1. The molecule has 1 aromatic rings. The predicted octanol–water partition coefficient (Wildman–Crippen LogP) is 0.343. The Morgan fingerprint density at radius 2 is 1.81 bits per heavy atom. The van der Waals surface area contributed by atoms with Gasteiger partial charge in [-0.3, -0.25) is 5.32 Å². The Morgan fingerprint density at radius 3 is 2.41 bits per heavy atom. The second-order valence-electron chi connectivity index (χ2n) is 6.74. The van der Waals surface area contributed by atoms with Crippen molar-refractivity contribution < 1.29 is 58.8 Å². The van der Waals surface area contributed by atoms with E-state index in [0.29, 0.717) is 26.1 Å². The number of ether oxygens (including phenoxy) is 5. The van der Waals surface area contributed by atoms with Crippen molar-refractivity contribution in [3.63, 3.8) is 0 Å². The fourth-order valence-electron chi connectivity index (χ4n) is 2.70. The highest BCUT2D eigenvalue weighted by Crippen LogP contribution is 2.39. The molecule has 13 nitrogen and oxygen atoms in total. The van der Waals surface area contributed by atoms with Crippen molar-refractivity contribution in [2.24, 2.45) is 0 Å². The van der Waals surface area contributed by atoms with Gasteiger partial charge >= 0.3 is 18.2 Å². The lowest BCUT2D eigenvalue weighted by molar-refractivity contribution is -0.375. The summed E-state index contributed by atoms with van der Waals surface area (Å²) in [6.07, 6.45) is -3.70. The SMILES string of the molecule is COc1cc(Br)c(O)cc1C(O)(O)C(O)(O)NC(=O)OC(C)OC(=O)OC1CCOCC1. The minimum Gasteiger partial charge on any atom is -0.507 e. The van der Waals surface area contributed by atoms with Crippen LogP contribution in [0.3, 0.4) is 0 Å². The molecule has 1 fully saturated rings. The van der Waals surface area contributed by atoms with E-state index in [2.05, 4.69) is 20.7 Å². The highest BCUT2D eigenvalue weighted by molar-refractivity contribution is 9.10. The van der Waals surface area contributed by atoms with Crippen molar-refractivity contribution in [3.8, 4) is 11.5 Å². The summed E-state index contributed by atoms with van der Waals surface area (Å²) in [5.74, 6) is -8.08. The van der Waals surface area contributed by atoms with E-state index in [0.717, 1.165) is 26.2 Å². The number of carbonyl (C=O) groups excluding carboxylic acids is 2. The largest absolute Gasteiger partial charge is 0.511 e. The normalized spacial score (nSPS) is 16.1. The van der Waals surface area contributed by atoms with Gasteiger partial charge in [-0.25, -0.2) is 9.59 Å². The molecular formula is C18H24BrNO12. The zero-order valence-electron chi connectivity index (χ0n) is 17.1. The van der Waals surface area contributed by atoms with Crippen LogP contribution in [-0.2, 0) is 24.7 Å². The van der Waals surface area contributed by atoms with Gasteiger partial charge in [0.05, 0.1) is 30.4 Å². The first-order valence-electron chi connectivity index (χ1n) is 9.27. The number of phenols is 1. The molecule has 1 unspecified atom stereocenters. The second-order valence-corrected chi connectivity index (χ2v) is 7.60. The zero-order valence-corrected chi connectivity index (χ0v) is 18.7. The van der Waals surface area contributed by atoms with E-state index in [-0.39, 0.29) is 10.2 Å². The highest BCUT2D eigenvalue weighted by atomic mass is 79.9. The molecule has 0 radical (unpaired) electrons. The number of alkyl carbamates (subject to hydrolysis) is 1. The number of phenolic OH excluding ortho intramolecular Hbond substituents is 1. The fourth-order valence-corrected chi connectivity index (χ4v) is 3.02. The Balaban J connectivity index is 2.00. The molecule has 1 amide bonds. The van der Waals surface area contributed by atoms with E-state index in [1.54, 1.807) is 0 Å². The molecule has 1 saturated heterocycles. The summed E-state index contributed by atoms with van der Waals surface area (Å²) in [5.41, 5.74) is -0.699. The molecule has 0 aliphatic carbocycles. The van der Waals surface area contributed by atoms with Crippen molar-refractivity contribution in [2.45, 2.75) is 43.9 Å². The summed E-state index contributed by atoms with van der Waals surface area (Å²) >= 11 is 2.99. The smallest absolute Gasteiger partial charge is 0.507 e. The van der Waals surface area contributed by atoms with E-state index in [1.807, 2.05) is 0 Å². The van der Waals surface area contributed by atoms with E-state index >= 15 is 0 Å². The van der Waals surface area contributed by atoms with Crippen LogP contribution in [0.2, 0.25) is 0 Å². The van der Waals surface area contributed by atoms with Crippen LogP contribution in [0.5, 0.6) is 11.5 Å². The average molecular weight is 526 g/mol. The van der Waals surface area contributed by atoms with Crippen LogP contribution in [0, 0.1) is 0 Å². The van der Waals surface area contributed by atoms with Crippen molar-refractivity contribution in [2.75, 3.05) is 20.3 Å². The van der Waals surface area contributed by atoms with E-state index in [4.69, 9.17) is 18.9 Å². The maximum Gasteiger partial charge on any atom is 0.511 e. The van der Waals surface area contributed by atoms with Crippen molar-refractivity contribution in [3.05, 3.63) is 22.2 Å². The van der Waals surface area contributed by atoms with Gasteiger partial charge < -0.3 is 49.2 Å². The fraction of sp³-hybridized carbons (Fsp3) is 0.556. The third-order valence-electron chi connectivity index (χ3n) is 4.37. The molecule has 1 aliphatic rings. The highest BCUT2D eigenvalue weighted by Gasteiger charge is 2.53. The van der Waals surface area contributed by atoms with Crippen molar-refractivity contribution >= 4 is 28.2 Å². The minimum atomic E-state index is -3.74. The van der Waals surface area contributed by atoms with Gasteiger partial charge in [0.25, 0.3) is 5.79 Å². The molecule has 1 atom stereocenters. The molecule has 180 valence electrons. The number of aromatic hydroxyl groups is 1. The number of aliphatic hydroxyl groups is 4. The van der Waals surface area contributed by atoms with Gasteiger partial charge in [0.1, 0.15) is 17.6 Å². The standard InChI is InChI=1S/C18H24BrNO12/c1-9(31-16(23)32-10-3-5-29-6-4-10)30-15(22)20-18(26,27)17(24,25)11-7-13(21)12(19)8-14(11)28-2/h7-10,21,24-27H,3-6H2,1-2H3,(H,20,22). The molecule has 0 aromatic heterocycles. The monoisotopic (exact) mass is 525 g/mol. The molecule has 14 heteroatoms. The van der Waals surface area contributed by atoms with Gasteiger partial charge in [0.2, 0.25) is 6.29 Å². The number of hydrogen-bond acceptors (Lipinski definition) is 12. The van der Waals surface area contributed by atoms with Gasteiger partial charge in [-0.15, -0.1) is 0 Å². The lowest BCUT2D eigenvalue weighted by atomic mass is 10.0. The maximum atomic E-state index is 12.0. The first-order valence-corrected chi connectivity index (χ1v) is 10.1. The van der Waals surface area contributed by atoms with Gasteiger partial charge in [-0.1, -0.05) is 0 Å². The van der Waals surface area contributed by atoms with E-state index in [9.17, 15) is 35.1 Å². The number of nitrogens with one attached hydrogen (secondary N) is 1.